The van der Waals surface area contributed by atoms with Gasteiger partial charge < -0.3 is 50.0 Å². The number of hydrogen-bond acceptors (Lipinski definition) is 10. The second kappa shape index (κ2) is 7.01. The third-order valence-corrected chi connectivity index (χ3v) is 3.94. The van der Waals surface area contributed by atoms with Crippen LogP contribution in [0.3, 0.4) is 0 Å². The standard InChI is InChI=1S/C12H22O10/c1-3-5(14)7(16)9(18)12(20-3)22-10-8(17)6(15)4(2-13)21-11(10)19/h3-19H,2H2,1H3/t3-,4+,5+,6+,7+,8-,9-,10-,11+,12+/m0/s1. The Labute approximate surface area is 126 Å². The molecule has 0 spiro atoms. The highest BCUT2D eigenvalue weighted by atomic mass is 16.7. The van der Waals surface area contributed by atoms with Gasteiger partial charge in [0, 0.05) is 0 Å². The molecule has 0 saturated carbocycles. The van der Waals surface area contributed by atoms with Gasteiger partial charge in [-0.3, -0.25) is 0 Å². The van der Waals surface area contributed by atoms with Crippen LogP contribution in [0.5, 0.6) is 0 Å². The van der Waals surface area contributed by atoms with E-state index >= 15 is 0 Å². The predicted molar refractivity (Wildman–Crippen MR) is 67.2 cm³/mol. The molecule has 10 atom stereocenters. The van der Waals surface area contributed by atoms with Crippen LogP contribution in [-0.2, 0) is 14.2 Å². The quantitative estimate of drug-likeness (QED) is 0.269. The van der Waals surface area contributed by atoms with Crippen LogP contribution in [0.2, 0.25) is 0 Å². The first-order valence-corrected chi connectivity index (χ1v) is 6.93. The highest BCUT2D eigenvalue weighted by molar-refractivity contribution is 4.92. The van der Waals surface area contributed by atoms with Gasteiger partial charge >= 0.3 is 0 Å². The maximum Gasteiger partial charge on any atom is 0.187 e. The van der Waals surface area contributed by atoms with Gasteiger partial charge in [0.25, 0.3) is 0 Å². The van der Waals surface area contributed by atoms with Crippen LogP contribution in [0.25, 0.3) is 0 Å². The molecule has 2 saturated heterocycles. The summed E-state index contributed by atoms with van der Waals surface area (Å²) in [6.07, 6.45) is -14.3. The van der Waals surface area contributed by atoms with Crippen molar-refractivity contribution in [1.82, 2.24) is 0 Å². The molecule has 2 heterocycles. The topological polar surface area (TPSA) is 169 Å². The summed E-state index contributed by atoms with van der Waals surface area (Å²) in [4.78, 5) is 0. The molecule has 2 rings (SSSR count). The highest BCUT2D eigenvalue weighted by Gasteiger charge is 2.49. The van der Waals surface area contributed by atoms with Gasteiger partial charge in [-0.15, -0.1) is 0 Å². The predicted octanol–water partition coefficient (Wildman–Crippen LogP) is -4.37. The summed E-state index contributed by atoms with van der Waals surface area (Å²) in [5, 5.41) is 67.5. The molecule has 10 heteroatoms. The molecule has 7 N–H and O–H groups in total. The average molecular weight is 326 g/mol. The van der Waals surface area contributed by atoms with Crippen molar-refractivity contribution in [2.24, 2.45) is 0 Å². The monoisotopic (exact) mass is 326 g/mol. The maximum absolute atomic E-state index is 9.93. The van der Waals surface area contributed by atoms with Crippen LogP contribution in [-0.4, -0.2) is 104 Å². The van der Waals surface area contributed by atoms with Crippen molar-refractivity contribution >= 4 is 0 Å². The average Bonchev–Trinajstić information content (AvgIpc) is 2.49. The smallest absolute Gasteiger partial charge is 0.187 e. The number of aliphatic hydroxyl groups is 7. The molecular weight excluding hydrogens is 304 g/mol. The van der Waals surface area contributed by atoms with Gasteiger partial charge in [0.05, 0.1) is 12.7 Å². The van der Waals surface area contributed by atoms with E-state index in [0.29, 0.717) is 0 Å². The van der Waals surface area contributed by atoms with E-state index < -0.39 is 68.0 Å². The molecular formula is C12H22O10. The van der Waals surface area contributed by atoms with E-state index in [1.165, 1.54) is 6.92 Å². The third kappa shape index (κ3) is 3.26. The number of ether oxygens (including phenoxy) is 3. The highest BCUT2D eigenvalue weighted by Crippen LogP contribution is 2.28. The molecule has 0 bridgehead atoms. The summed E-state index contributed by atoms with van der Waals surface area (Å²) >= 11 is 0. The van der Waals surface area contributed by atoms with Crippen molar-refractivity contribution in [3.63, 3.8) is 0 Å². The van der Waals surface area contributed by atoms with E-state index in [-0.39, 0.29) is 0 Å². The second-order valence-electron chi connectivity index (χ2n) is 5.51. The van der Waals surface area contributed by atoms with Crippen molar-refractivity contribution in [1.29, 1.82) is 0 Å². The molecule has 22 heavy (non-hydrogen) atoms. The Balaban J connectivity index is 2.06. The second-order valence-corrected chi connectivity index (χ2v) is 5.51. The van der Waals surface area contributed by atoms with E-state index in [1.807, 2.05) is 0 Å². The maximum atomic E-state index is 9.93. The van der Waals surface area contributed by atoms with Gasteiger partial charge in [-0.05, 0) is 6.92 Å². The minimum Gasteiger partial charge on any atom is -0.394 e. The summed E-state index contributed by atoms with van der Waals surface area (Å²) in [7, 11) is 0. The lowest BCUT2D eigenvalue weighted by Gasteiger charge is -2.44. The Morgan fingerprint density at radius 2 is 1.45 bits per heavy atom. The summed E-state index contributed by atoms with van der Waals surface area (Å²) in [6, 6.07) is 0. The molecule has 0 aromatic carbocycles. The normalized spacial score (nSPS) is 53.5. The molecule has 130 valence electrons. The van der Waals surface area contributed by atoms with E-state index in [4.69, 9.17) is 19.3 Å². The summed E-state index contributed by atoms with van der Waals surface area (Å²) in [5.74, 6) is 0. The summed E-state index contributed by atoms with van der Waals surface area (Å²) < 4.78 is 15.3. The van der Waals surface area contributed by atoms with E-state index in [1.54, 1.807) is 0 Å². The van der Waals surface area contributed by atoms with Crippen molar-refractivity contribution in [3.8, 4) is 0 Å². The fourth-order valence-electron chi connectivity index (χ4n) is 2.50. The first kappa shape index (κ1) is 17.9. The Morgan fingerprint density at radius 1 is 0.818 bits per heavy atom. The van der Waals surface area contributed by atoms with Gasteiger partial charge in [0.15, 0.2) is 12.6 Å². The van der Waals surface area contributed by atoms with Crippen LogP contribution >= 0.6 is 0 Å². The first-order chi connectivity index (χ1) is 10.3. The molecule has 0 unspecified atom stereocenters. The van der Waals surface area contributed by atoms with Crippen LogP contribution in [0, 0.1) is 0 Å². The van der Waals surface area contributed by atoms with Gasteiger partial charge in [0.2, 0.25) is 0 Å². The fraction of sp³-hybridized carbons (Fsp3) is 1.00. The molecule has 2 aliphatic rings. The first-order valence-electron chi connectivity index (χ1n) is 6.93. The lowest BCUT2D eigenvalue weighted by atomic mass is 9.97. The van der Waals surface area contributed by atoms with Crippen molar-refractivity contribution < 1.29 is 50.0 Å². The lowest BCUT2D eigenvalue weighted by Crippen LogP contribution is -2.63. The van der Waals surface area contributed by atoms with E-state index in [0.717, 1.165) is 0 Å². The van der Waals surface area contributed by atoms with Crippen LogP contribution < -0.4 is 0 Å². The van der Waals surface area contributed by atoms with E-state index in [9.17, 15) is 30.6 Å². The van der Waals surface area contributed by atoms with E-state index in [2.05, 4.69) is 0 Å². The van der Waals surface area contributed by atoms with Gasteiger partial charge in [-0.25, -0.2) is 0 Å². The third-order valence-electron chi connectivity index (χ3n) is 3.94. The zero-order valence-corrected chi connectivity index (χ0v) is 11.8. The van der Waals surface area contributed by atoms with Crippen LogP contribution in [0.1, 0.15) is 6.92 Å². The van der Waals surface area contributed by atoms with Gasteiger partial charge in [-0.2, -0.15) is 0 Å². The molecule has 10 nitrogen and oxygen atoms in total. The zero-order chi connectivity index (χ0) is 16.6. The van der Waals surface area contributed by atoms with Crippen LogP contribution in [0.4, 0.5) is 0 Å². The Bertz CT molecular complexity index is 368. The fourth-order valence-corrected chi connectivity index (χ4v) is 2.50. The Kier molecular flexibility index (Phi) is 5.72. The van der Waals surface area contributed by atoms with Crippen molar-refractivity contribution in [3.05, 3.63) is 0 Å². The minimum absolute atomic E-state index is 0.619. The van der Waals surface area contributed by atoms with Gasteiger partial charge in [0.1, 0.15) is 42.7 Å². The zero-order valence-electron chi connectivity index (χ0n) is 11.8. The van der Waals surface area contributed by atoms with Gasteiger partial charge in [-0.1, -0.05) is 0 Å². The largest absolute Gasteiger partial charge is 0.394 e. The molecule has 2 aliphatic heterocycles. The SMILES string of the molecule is C[C@@H]1O[C@H](O[C@H]2[C@@H](O)[C@H](O)[C@@H](CO)O[C@H]2O)[C@@H](O)[C@H](O)[C@@H]1O. The Morgan fingerprint density at radius 3 is 2.05 bits per heavy atom. The molecule has 0 amide bonds. The lowest BCUT2D eigenvalue weighted by molar-refractivity contribution is -0.358. The van der Waals surface area contributed by atoms with Crippen molar-refractivity contribution in [2.45, 2.75) is 68.3 Å². The molecule has 0 radical (unpaired) electrons. The van der Waals surface area contributed by atoms with Crippen molar-refractivity contribution in [2.75, 3.05) is 6.61 Å². The number of aliphatic hydroxyl groups excluding tert-OH is 7. The Hall–Kier alpha value is -0.400. The molecule has 0 aliphatic carbocycles. The molecule has 0 aromatic rings. The minimum atomic E-state index is -1.69. The summed E-state index contributed by atoms with van der Waals surface area (Å²) in [5.41, 5.74) is 0. The van der Waals surface area contributed by atoms with Crippen LogP contribution in [0.15, 0.2) is 0 Å². The number of rotatable bonds is 3. The molecule has 2 fully saturated rings. The molecule has 0 aromatic heterocycles. The summed E-state index contributed by atoms with van der Waals surface area (Å²) in [6.45, 7) is 0.823. The number of hydrogen-bond donors (Lipinski definition) is 7.